The molecule has 202 valence electrons. The van der Waals surface area contributed by atoms with Crippen LogP contribution >= 0.6 is 0 Å². The molecule has 38 heavy (non-hydrogen) atoms. The minimum absolute atomic E-state index is 0.187. The van der Waals surface area contributed by atoms with Gasteiger partial charge in [-0.25, -0.2) is 0 Å². The maximum Gasteiger partial charge on any atom is 0.312 e. The molecule has 1 spiro atoms. The van der Waals surface area contributed by atoms with Crippen molar-refractivity contribution in [1.29, 1.82) is 0 Å². The molecular formula is C30H36N2O6. The fourth-order valence-corrected chi connectivity index (χ4v) is 6.98. The van der Waals surface area contributed by atoms with E-state index in [1.807, 2.05) is 69.3 Å². The molecule has 5 rings (SSSR count). The van der Waals surface area contributed by atoms with Crippen molar-refractivity contribution in [3.05, 3.63) is 65.2 Å². The van der Waals surface area contributed by atoms with E-state index in [0.29, 0.717) is 30.5 Å². The second-order valence-electron chi connectivity index (χ2n) is 10.7. The number of aryl methyl sites for hydroxylation is 2. The summed E-state index contributed by atoms with van der Waals surface area (Å²) in [6.07, 6.45) is 1.53. The van der Waals surface area contributed by atoms with Crippen LogP contribution in [0.15, 0.2) is 48.5 Å². The molecule has 2 N–H and O–H groups in total. The molecule has 2 aromatic rings. The van der Waals surface area contributed by atoms with Crippen LogP contribution in [0, 0.1) is 25.7 Å². The number of aliphatic hydroxyl groups excluding tert-OH is 1. The number of benzene rings is 2. The van der Waals surface area contributed by atoms with E-state index in [2.05, 4.69) is 5.32 Å². The Morgan fingerprint density at radius 3 is 2.55 bits per heavy atom. The standard InChI is InChI=1S/C30H36N2O6/c1-5-29-14-15-30(38-29)23(24(29)28(36)37-6-2)27(35)32(22(17-33)20-10-8-7-9-11-20)25(30)26(34)31-21-16-18(3)12-13-19(21)4/h7-13,16,22-25,33H,5-6,14-15,17H2,1-4H3,(H,31,34)/t22-,23+,24-,25?,29+,30?/m1/s1. The van der Waals surface area contributed by atoms with Gasteiger partial charge in [0, 0.05) is 5.69 Å². The van der Waals surface area contributed by atoms with Crippen LogP contribution in [0.3, 0.4) is 0 Å². The summed E-state index contributed by atoms with van der Waals surface area (Å²) >= 11 is 0. The number of nitrogens with zero attached hydrogens (tertiary/aromatic N) is 1. The fraction of sp³-hybridized carbons (Fsp3) is 0.500. The normalized spacial score (nSPS) is 30.3. The maximum absolute atomic E-state index is 14.4. The molecule has 3 saturated heterocycles. The summed E-state index contributed by atoms with van der Waals surface area (Å²) in [5.41, 5.74) is 1.18. The number of rotatable bonds is 8. The molecule has 2 bridgehead atoms. The number of hydrogen-bond acceptors (Lipinski definition) is 6. The average molecular weight is 521 g/mol. The van der Waals surface area contributed by atoms with E-state index in [1.54, 1.807) is 6.92 Å². The highest BCUT2D eigenvalue weighted by atomic mass is 16.6. The van der Waals surface area contributed by atoms with E-state index in [4.69, 9.17) is 9.47 Å². The van der Waals surface area contributed by atoms with Crippen molar-refractivity contribution in [2.24, 2.45) is 11.8 Å². The predicted molar refractivity (Wildman–Crippen MR) is 141 cm³/mol. The van der Waals surface area contributed by atoms with Crippen LogP contribution in [0.2, 0.25) is 0 Å². The van der Waals surface area contributed by atoms with E-state index >= 15 is 0 Å². The van der Waals surface area contributed by atoms with Gasteiger partial charge < -0.3 is 24.8 Å². The highest BCUT2D eigenvalue weighted by Crippen LogP contribution is 2.65. The zero-order chi connectivity index (χ0) is 27.2. The Morgan fingerprint density at radius 1 is 1.16 bits per heavy atom. The maximum atomic E-state index is 14.4. The third kappa shape index (κ3) is 3.84. The van der Waals surface area contributed by atoms with Crippen molar-refractivity contribution in [2.45, 2.75) is 70.2 Å². The Hall–Kier alpha value is -3.23. The lowest BCUT2D eigenvalue weighted by atomic mass is 9.65. The molecule has 3 heterocycles. The third-order valence-corrected chi connectivity index (χ3v) is 8.75. The van der Waals surface area contributed by atoms with Gasteiger partial charge in [0.25, 0.3) is 0 Å². The summed E-state index contributed by atoms with van der Waals surface area (Å²) in [7, 11) is 0. The van der Waals surface area contributed by atoms with E-state index in [-0.39, 0.29) is 25.0 Å². The molecule has 0 aliphatic carbocycles. The molecule has 2 amide bonds. The van der Waals surface area contributed by atoms with Gasteiger partial charge in [-0.1, -0.05) is 49.4 Å². The molecular weight excluding hydrogens is 484 g/mol. The van der Waals surface area contributed by atoms with Gasteiger partial charge in [-0.2, -0.15) is 0 Å². The Labute approximate surface area is 223 Å². The van der Waals surface area contributed by atoms with Crippen LogP contribution in [-0.2, 0) is 23.9 Å². The largest absolute Gasteiger partial charge is 0.466 e. The van der Waals surface area contributed by atoms with Crippen LogP contribution < -0.4 is 5.32 Å². The van der Waals surface area contributed by atoms with E-state index < -0.39 is 41.1 Å². The minimum Gasteiger partial charge on any atom is -0.466 e. The molecule has 0 radical (unpaired) electrons. The van der Waals surface area contributed by atoms with Crippen molar-refractivity contribution < 1.29 is 29.0 Å². The number of carbonyl (C=O) groups is 3. The summed E-state index contributed by atoms with van der Waals surface area (Å²) in [6.45, 7) is 7.35. The van der Waals surface area contributed by atoms with E-state index in [0.717, 1.165) is 11.1 Å². The van der Waals surface area contributed by atoms with Gasteiger partial charge in [-0.3, -0.25) is 14.4 Å². The zero-order valence-corrected chi connectivity index (χ0v) is 22.4. The zero-order valence-electron chi connectivity index (χ0n) is 22.4. The Kier molecular flexibility index (Phi) is 6.82. The third-order valence-electron chi connectivity index (χ3n) is 8.75. The van der Waals surface area contributed by atoms with E-state index in [9.17, 15) is 19.5 Å². The first-order chi connectivity index (χ1) is 18.2. The van der Waals surface area contributed by atoms with Crippen LogP contribution in [0.25, 0.3) is 0 Å². The number of amides is 2. The topological polar surface area (TPSA) is 105 Å². The lowest BCUT2D eigenvalue weighted by Gasteiger charge is -2.37. The van der Waals surface area contributed by atoms with Crippen LogP contribution in [-0.4, -0.2) is 58.2 Å². The SMILES string of the molecule is CCOC(=O)[C@H]1[C@H]2C(=O)N([C@H](CO)c3ccccc3)C(C(=O)Nc3cc(C)ccc3C)C23CC[C@]1(CC)O3. The second kappa shape index (κ2) is 9.82. The number of likely N-dealkylation sites (tertiary alicyclic amines) is 1. The average Bonchev–Trinajstić information content (AvgIpc) is 3.51. The van der Waals surface area contributed by atoms with Gasteiger partial charge in [0.1, 0.15) is 17.6 Å². The molecule has 3 aliphatic rings. The first-order valence-electron chi connectivity index (χ1n) is 13.5. The Morgan fingerprint density at radius 2 is 1.89 bits per heavy atom. The van der Waals surface area contributed by atoms with E-state index in [1.165, 1.54) is 4.90 Å². The quantitative estimate of drug-likeness (QED) is 0.515. The lowest BCUT2D eigenvalue weighted by Crippen LogP contribution is -2.54. The number of carbonyl (C=O) groups excluding carboxylic acids is 3. The lowest BCUT2D eigenvalue weighted by molar-refractivity contribution is -0.161. The number of aliphatic hydroxyl groups is 1. The minimum atomic E-state index is -1.20. The molecule has 3 fully saturated rings. The van der Waals surface area contributed by atoms with Crippen molar-refractivity contribution in [1.82, 2.24) is 4.90 Å². The van der Waals surface area contributed by atoms with Crippen LogP contribution in [0.4, 0.5) is 5.69 Å². The van der Waals surface area contributed by atoms with Gasteiger partial charge in [0.05, 0.1) is 30.8 Å². The Balaban J connectivity index is 1.64. The summed E-state index contributed by atoms with van der Waals surface area (Å²) in [5, 5.41) is 13.6. The van der Waals surface area contributed by atoms with Crippen LogP contribution in [0.1, 0.15) is 55.8 Å². The molecule has 0 aromatic heterocycles. The van der Waals surface area contributed by atoms with Crippen molar-refractivity contribution in [3.63, 3.8) is 0 Å². The molecule has 3 aliphatic heterocycles. The number of hydrogen-bond donors (Lipinski definition) is 2. The van der Waals surface area contributed by atoms with Gasteiger partial charge in [-0.15, -0.1) is 0 Å². The highest BCUT2D eigenvalue weighted by Gasteiger charge is 2.79. The molecule has 8 heteroatoms. The van der Waals surface area contributed by atoms with Crippen molar-refractivity contribution in [3.8, 4) is 0 Å². The monoisotopic (exact) mass is 520 g/mol. The number of ether oxygens (including phenoxy) is 2. The van der Waals surface area contributed by atoms with Gasteiger partial charge >= 0.3 is 5.97 Å². The first-order valence-corrected chi connectivity index (χ1v) is 13.5. The predicted octanol–water partition coefficient (Wildman–Crippen LogP) is 3.69. The van der Waals surface area contributed by atoms with Crippen molar-refractivity contribution >= 4 is 23.5 Å². The number of nitrogens with one attached hydrogen (secondary N) is 1. The summed E-state index contributed by atoms with van der Waals surface area (Å²) in [4.78, 5) is 43.4. The number of anilines is 1. The first kappa shape index (κ1) is 26.4. The summed E-state index contributed by atoms with van der Waals surface area (Å²) in [5.74, 6) is -2.90. The molecule has 2 unspecified atom stereocenters. The number of fused-ring (bicyclic) bond motifs is 1. The molecule has 8 nitrogen and oxygen atoms in total. The Bertz CT molecular complexity index is 1250. The summed E-state index contributed by atoms with van der Waals surface area (Å²) < 4.78 is 12.2. The van der Waals surface area contributed by atoms with Gasteiger partial charge in [0.15, 0.2) is 0 Å². The molecule has 0 saturated carbocycles. The van der Waals surface area contributed by atoms with Crippen LogP contribution in [0.5, 0.6) is 0 Å². The smallest absolute Gasteiger partial charge is 0.312 e. The summed E-state index contributed by atoms with van der Waals surface area (Å²) in [6, 6.07) is 13.2. The molecule has 6 atom stereocenters. The number of esters is 1. The van der Waals surface area contributed by atoms with Crippen molar-refractivity contribution in [2.75, 3.05) is 18.5 Å². The molecule has 2 aromatic carbocycles. The van der Waals surface area contributed by atoms with Gasteiger partial charge in [0.2, 0.25) is 11.8 Å². The van der Waals surface area contributed by atoms with Gasteiger partial charge in [-0.05, 0) is 62.8 Å². The highest BCUT2D eigenvalue weighted by molar-refractivity contribution is 6.04. The second-order valence-corrected chi connectivity index (χ2v) is 10.7. The fourth-order valence-electron chi connectivity index (χ4n) is 6.98.